The quantitative estimate of drug-likeness (QED) is 0.897. The van der Waals surface area contributed by atoms with Gasteiger partial charge < -0.3 is 15.1 Å². The molecule has 0 radical (unpaired) electrons. The van der Waals surface area contributed by atoms with Crippen LogP contribution in [0.15, 0.2) is 6.07 Å². The lowest BCUT2D eigenvalue weighted by Crippen LogP contribution is -2.45. The van der Waals surface area contributed by atoms with Crippen molar-refractivity contribution in [3.8, 4) is 0 Å². The van der Waals surface area contributed by atoms with Crippen LogP contribution in [0.1, 0.15) is 32.5 Å². The number of anilines is 2. The molecular weight excluding hydrogens is 238 g/mol. The number of nitrogens with zero attached hydrogens (tertiary/aromatic N) is 4. The van der Waals surface area contributed by atoms with Crippen LogP contribution in [-0.4, -0.2) is 54.6 Å². The Bertz CT molecular complexity index is 410. The SMILES string of the molecule is CCNc1cc(N2CCN(C)CC2)nc(C(C)C)n1. The first-order valence-corrected chi connectivity index (χ1v) is 7.16. The van der Waals surface area contributed by atoms with E-state index in [0.29, 0.717) is 5.92 Å². The molecule has 2 heterocycles. The minimum atomic E-state index is 0.352. The fraction of sp³-hybridized carbons (Fsp3) is 0.714. The van der Waals surface area contributed by atoms with Gasteiger partial charge in [-0.1, -0.05) is 13.8 Å². The van der Waals surface area contributed by atoms with Crippen LogP contribution >= 0.6 is 0 Å². The first kappa shape index (κ1) is 14.1. The molecule has 0 bridgehead atoms. The van der Waals surface area contributed by atoms with Gasteiger partial charge in [-0.2, -0.15) is 0 Å². The van der Waals surface area contributed by atoms with Crippen LogP contribution in [0, 0.1) is 0 Å². The molecular formula is C14H25N5. The van der Waals surface area contributed by atoms with E-state index in [9.17, 15) is 0 Å². The van der Waals surface area contributed by atoms with Gasteiger partial charge in [0.15, 0.2) is 0 Å². The normalized spacial score (nSPS) is 17.0. The van der Waals surface area contributed by atoms with Crippen molar-refractivity contribution >= 4 is 11.6 Å². The van der Waals surface area contributed by atoms with Gasteiger partial charge in [-0.05, 0) is 14.0 Å². The van der Waals surface area contributed by atoms with E-state index in [1.807, 2.05) is 0 Å². The molecule has 1 aromatic heterocycles. The van der Waals surface area contributed by atoms with Crippen molar-refractivity contribution in [1.82, 2.24) is 14.9 Å². The van der Waals surface area contributed by atoms with Gasteiger partial charge in [-0.25, -0.2) is 9.97 Å². The molecule has 0 spiro atoms. The molecule has 1 N–H and O–H groups in total. The lowest BCUT2D eigenvalue weighted by molar-refractivity contribution is 0.312. The van der Waals surface area contributed by atoms with E-state index < -0.39 is 0 Å². The monoisotopic (exact) mass is 263 g/mol. The molecule has 1 fully saturated rings. The molecule has 106 valence electrons. The average molecular weight is 263 g/mol. The average Bonchev–Trinajstić information content (AvgIpc) is 2.39. The number of hydrogen-bond donors (Lipinski definition) is 1. The highest BCUT2D eigenvalue weighted by molar-refractivity contribution is 5.50. The first-order valence-electron chi connectivity index (χ1n) is 7.16. The Balaban J connectivity index is 2.23. The molecule has 1 aliphatic rings. The van der Waals surface area contributed by atoms with Gasteiger partial charge in [0.25, 0.3) is 0 Å². The van der Waals surface area contributed by atoms with Crippen molar-refractivity contribution in [2.75, 3.05) is 50.0 Å². The second-order valence-electron chi connectivity index (χ2n) is 5.44. The fourth-order valence-electron chi connectivity index (χ4n) is 2.18. The van der Waals surface area contributed by atoms with E-state index >= 15 is 0 Å². The number of aromatic nitrogens is 2. The van der Waals surface area contributed by atoms with Gasteiger partial charge in [0.05, 0.1) is 0 Å². The highest BCUT2D eigenvalue weighted by Gasteiger charge is 2.17. The summed E-state index contributed by atoms with van der Waals surface area (Å²) in [5.41, 5.74) is 0. The van der Waals surface area contributed by atoms with Crippen LogP contribution in [0.3, 0.4) is 0 Å². The van der Waals surface area contributed by atoms with Crippen LogP contribution in [0.25, 0.3) is 0 Å². The number of rotatable bonds is 4. The molecule has 1 saturated heterocycles. The smallest absolute Gasteiger partial charge is 0.135 e. The van der Waals surface area contributed by atoms with Crippen molar-refractivity contribution in [3.63, 3.8) is 0 Å². The predicted molar refractivity (Wildman–Crippen MR) is 80.0 cm³/mol. The minimum absolute atomic E-state index is 0.352. The molecule has 0 aliphatic carbocycles. The Morgan fingerprint density at radius 3 is 2.47 bits per heavy atom. The topological polar surface area (TPSA) is 44.3 Å². The standard InChI is InChI=1S/C14H25N5/c1-5-15-12-10-13(17-14(16-12)11(2)3)19-8-6-18(4)7-9-19/h10-11H,5-9H2,1-4H3,(H,15,16,17). The summed E-state index contributed by atoms with van der Waals surface area (Å²) in [6, 6.07) is 2.07. The Labute approximate surface area is 116 Å². The number of piperazine rings is 1. The number of hydrogen-bond acceptors (Lipinski definition) is 5. The molecule has 0 saturated carbocycles. The molecule has 5 nitrogen and oxygen atoms in total. The van der Waals surface area contributed by atoms with Crippen LogP contribution in [0.5, 0.6) is 0 Å². The summed E-state index contributed by atoms with van der Waals surface area (Å²) in [5, 5.41) is 3.30. The second kappa shape index (κ2) is 6.19. The predicted octanol–water partition coefficient (Wildman–Crippen LogP) is 1.78. The van der Waals surface area contributed by atoms with E-state index in [-0.39, 0.29) is 0 Å². The summed E-state index contributed by atoms with van der Waals surface area (Å²) in [5.74, 6) is 3.27. The zero-order chi connectivity index (χ0) is 13.8. The molecule has 0 atom stereocenters. The van der Waals surface area contributed by atoms with E-state index in [1.54, 1.807) is 0 Å². The van der Waals surface area contributed by atoms with Gasteiger partial charge in [0, 0.05) is 44.7 Å². The maximum absolute atomic E-state index is 4.72. The van der Waals surface area contributed by atoms with Gasteiger partial charge in [0.1, 0.15) is 17.5 Å². The molecule has 0 amide bonds. The van der Waals surface area contributed by atoms with Crippen LogP contribution < -0.4 is 10.2 Å². The Morgan fingerprint density at radius 2 is 1.89 bits per heavy atom. The molecule has 1 aliphatic heterocycles. The zero-order valence-electron chi connectivity index (χ0n) is 12.5. The van der Waals surface area contributed by atoms with E-state index in [0.717, 1.165) is 50.2 Å². The Morgan fingerprint density at radius 1 is 1.21 bits per heavy atom. The Kier molecular flexibility index (Phi) is 4.58. The van der Waals surface area contributed by atoms with Crippen LogP contribution in [-0.2, 0) is 0 Å². The molecule has 1 aromatic rings. The number of nitrogens with one attached hydrogen (secondary N) is 1. The van der Waals surface area contributed by atoms with Gasteiger partial charge in [-0.15, -0.1) is 0 Å². The zero-order valence-corrected chi connectivity index (χ0v) is 12.5. The third-order valence-corrected chi connectivity index (χ3v) is 3.43. The molecule has 0 unspecified atom stereocenters. The summed E-state index contributed by atoms with van der Waals surface area (Å²) in [4.78, 5) is 14.0. The van der Waals surface area contributed by atoms with Gasteiger partial charge in [-0.3, -0.25) is 0 Å². The highest BCUT2D eigenvalue weighted by Crippen LogP contribution is 2.20. The summed E-state index contributed by atoms with van der Waals surface area (Å²) in [6.45, 7) is 11.5. The van der Waals surface area contributed by atoms with Gasteiger partial charge >= 0.3 is 0 Å². The maximum Gasteiger partial charge on any atom is 0.135 e. The number of likely N-dealkylation sites (N-methyl/N-ethyl adjacent to an activating group) is 1. The Hall–Kier alpha value is -1.36. The molecule has 2 rings (SSSR count). The van der Waals surface area contributed by atoms with E-state index in [1.165, 1.54) is 0 Å². The largest absolute Gasteiger partial charge is 0.370 e. The van der Waals surface area contributed by atoms with Crippen LogP contribution in [0.4, 0.5) is 11.6 Å². The third kappa shape index (κ3) is 3.56. The van der Waals surface area contributed by atoms with Crippen molar-refractivity contribution in [1.29, 1.82) is 0 Å². The summed E-state index contributed by atoms with van der Waals surface area (Å²) in [7, 11) is 2.17. The summed E-state index contributed by atoms with van der Waals surface area (Å²) in [6.07, 6.45) is 0. The summed E-state index contributed by atoms with van der Waals surface area (Å²) >= 11 is 0. The van der Waals surface area contributed by atoms with Crippen molar-refractivity contribution in [3.05, 3.63) is 11.9 Å². The van der Waals surface area contributed by atoms with Crippen molar-refractivity contribution in [2.24, 2.45) is 0 Å². The van der Waals surface area contributed by atoms with E-state index in [2.05, 4.69) is 54.0 Å². The first-order chi connectivity index (χ1) is 9.10. The van der Waals surface area contributed by atoms with Crippen LogP contribution in [0.2, 0.25) is 0 Å². The van der Waals surface area contributed by atoms with Crippen molar-refractivity contribution < 1.29 is 0 Å². The third-order valence-electron chi connectivity index (χ3n) is 3.43. The van der Waals surface area contributed by atoms with E-state index in [4.69, 9.17) is 4.98 Å². The minimum Gasteiger partial charge on any atom is -0.370 e. The lowest BCUT2D eigenvalue weighted by Gasteiger charge is -2.33. The molecule has 5 heteroatoms. The lowest BCUT2D eigenvalue weighted by atomic mass is 10.2. The molecule has 0 aromatic carbocycles. The van der Waals surface area contributed by atoms with Gasteiger partial charge in [0.2, 0.25) is 0 Å². The van der Waals surface area contributed by atoms with Crippen molar-refractivity contribution in [2.45, 2.75) is 26.7 Å². The molecule has 19 heavy (non-hydrogen) atoms. The second-order valence-corrected chi connectivity index (χ2v) is 5.44. The fourth-order valence-corrected chi connectivity index (χ4v) is 2.18. The maximum atomic E-state index is 4.72. The summed E-state index contributed by atoms with van der Waals surface area (Å²) < 4.78 is 0. The highest BCUT2D eigenvalue weighted by atomic mass is 15.3.